The third-order valence-electron chi connectivity index (χ3n) is 3.88. The van der Waals surface area contributed by atoms with Gasteiger partial charge in [-0.2, -0.15) is 4.98 Å². The fourth-order valence-corrected chi connectivity index (χ4v) is 2.61. The van der Waals surface area contributed by atoms with Gasteiger partial charge in [0.15, 0.2) is 0 Å². The first-order valence-electron chi connectivity index (χ1n) is 7.86. The van der Waals surface area contributed by atoms with Gasteiger partial charge in [0, 0.05) is 37.4 Å². The quantitative estimate of drug-likeness (QED) is 0.873. The first kappa shape index (κ1) is 15.6. The fraction of sp³-hybridized carbons (Fsp3) is 0.500. The van der Waals surface area contributed by atoms with Crippen molar-refractivity contribution >= 4 is 5.91 Å². The number of hydrogen-bond acceptors (Lipinski definition) is 6. The van der Waals surface area contributed by atoms with E-state index >= 15 is 0 Å². The van der Waals surface area contributed by atoms with Crippen LogP contribution in [0.1, 0.15) is 32.1 Å². The Hall–Kier alpha value is -2.28. The van der Waals surface area contributed by atoms with E-state index in [4.69, 9.17) is 9.26 Å². The second-order valence-corrected chi connectivity index (χ2v) is 5.66. The molecule has 1 saturated heterocycles. The van der Waals surface area contributed by atoms with E-state index < -0.39 is 0 Å². The molecule has 3 rings (SSSR count). The summed E-state index contributed by atoms with van der Waals surface area (Å²) in [7, 11) is 0. The Morgan fingerprint density at radius 3 is 3.00 bits per heavy atom. The third-order valence-corrected chi connectivity index (χ3v) is 3.88. The van der Waals surface area contributed by atoms with Crippen LogP contribution in [0, 0.1) is 0 Å². The van der Waals surface area contributed by atoms with Crippen molar-refractivity contribution in [3.63, 3.8) is 0 Å². The molecule has 3 heterocycles. The molecule has 122 valence electrons. The molecule has 0 radical (unpaired) electrons. The van der Waals surface area contributed by atoms with Crippen LogP contribution in [-0.4, -0.2) is 39.8 Å². The molecule has 1 aliphatic heterocycles. The van der Waals surface area contributed by atoms with E-state index in [-0.39, 0.29) is 18.1 Å². The molecule has 2 atom stereocenters. The summed E-state index contributed by atoms with van der Waals surface area (Å²) in [6, 6.07) is 3.65. The van der Waals surface area contributed by atoms with E-state index in [2.05, 4.69) is 20.4 Å². The largest absolute Gasteiger partial charge is 0.376 e. The van der Waals surface area contributed by atoms with Crippen LogP contribution in [0.15, 0.2) is 29.0 Å². The normalized spacial score (nSPS) is 18.7. The summed E-state index contributed by atoms with van der Waals surface area (Å²) in [5.74, 6) is 0.934. The molecular weight excluding hydrogens is 296 g/mol. The van der Waals surface area contributed by atoms with Crippen molar-refractivity contribution in [2.24, 2.45) is 0 Å². The number of carbonyl (C=O) groups excluding carboxylic acids is 1. The molecule has 2 aromatic rings. The summed E-state index contributed by atoms with van der Waals surface area (Å²) in [5.41, 5.74) is 0.839. The predicted octanol–water partition coefficient (Wildman–Crippen LogP) is 1.75. The van der Waals surface area contributed by atoms with Gasteiger partial charge in [0.1, 0.15) is 0 Å². The molecule has 1 N–H and O–H groups in total. The van der Waals surface area contributed by atoms with Crippen molar-refractivity contribution in [2.45, 2.75) is 44.8 Å². The predicted molar refractivity (Wildman–Crippen MR) is 82.4 cm³/mol. The van der Waals surface area contributed by atoms with Crippen molar-refractivity contribution < 1.29 is 14.1 Å². The molecule has 1 aliphatic rings. The Bertz CT molecular complexity index is 638. The van der Waals surface area contributed by atoms with Crippen molar-refractivity contribution in [3.8, 4) is 11.4 Å². The highest BCUT2D eigenvalue weighted by atomic mass is 16.5. The molecule has 0 aromatic carbocycles. The molecule has 0 aliphatic carbocycles. The number of rotatable bonds is 6. The molecule has 1 fully saturated rings. The number of nitrogens with zero attached hydrogens (tertiary/aromatic N) is 3. The highest BCUT2D eigenvalue weighted by Gasteiger charge is 2.23. The second-order valence-electron chi connectivity index (χ2n) is 5.66. The minimum absolute atomic E-state index is 0.0278. The molecule has 23 heavy (non-hydrogen) atoms. The maximum atomic E-state index is 12.0. The Morgan fingerprint density at radius 2 is 2.26 bits per heavy atom. The van der Waals surface area contributed by atoms with Crippen LogP contribution in [-0.2, 0) is 16.0 Å². The molecule has 7 nitrogen and oxygen atoms in total. The number of nitrogens with one attached hydrogen (secondary N) is 1. The molecule has 7 heteroatoms. The van der Waals surface area contributed by atoms with Gasteiger partial charge in [-0.25, -0.2) is 0 Å². The lowest BCUT2D eigenvalue weighted by Crippen LogP contribution is -2.40. The third kappa shape index (κ3) is 4.13. The van der Waals surface area contributed by atoms with Crippen LogP contribution in [0.5, 0.6) is 0 Å². The average Bonchev–Trinajstić information content (AvgIpc) is 3.25. The minimum Gasteiger partial charge on any atom is -0.376 e. The first-order chi connectivity index (χ1) is 11.2. The van der Waals surface area contributed by atoms with Gasteiger partial charge in [-0.05, 0) is 31.9 Å². The van der Waals surface area contributed by atoms with E-state index in [1.807, 2.05) is 19.1 Å². The minimum atomic E-state index is -0.0309. The summed E-state index contributed by atoms with van der Waals surface area (Å²) in [5, 5.41) is 6.89. The van der Waals surface area contributed by atoms with Gasteiger partial charge >= 0.3 is 0 Å². The fourth-order valence-electron chi connectivity index (χ4n) is 2.61. The van der Waals surface area contributed by atoms with Gasteiger partial charge in [0.2, 0.25) is 17.6 Å². The zero-order valence-corrected chi connectivity index (χ0v) is 13.1. The van der Waals surface area contributed by atoms with Crippen molar-refractivity contribution in [1.29, 1.82) is 0 Å². The summed E-state index contributed by atoms with van der Waals surface area (Å²) in [6.07, 6.45) is 6.26. The van der Waals surface area contributed by atoms with E-state index in [1.165, 1.54) is 0 Å². The molecule has 0 spiro atoms. The zero-order valence-electron chi connectivity index (χ0n) is 13.1. The Kier molecular flexibility index (Phi) is 4.97. The summed E-state index contributed by atoms with van der Waals surface area (Å²) in [4.78, 5) is 20.2. The maximum absolute atomic E-state index is 12.0. The Morgan fingerprint density at radius 1 is 1.43 bits per heavy atom. The second kappa shape index (κ2) is 7.32. The number of aromatic nitrogens is 3. The summed E-state index contributed by atoms with van der Waals surface area (Å²) in [6.45, 7) is 2.76. The lowest BCUT2D eigenvalue weighted by Gasteiger charge is -2.19. The van der Waals surface area contributed by atoms with Crippen LogP contribution in [0.25, 0.3) is 11.4 Å². The number of aryl methyl sites for hydroxylation is 1. The van der Waals surface area contributed by atoms with Gasteiger partial charge in [0.25, 0.3) is 0 Å². The smallest absolute Gasteiger partial charge is 0.227 e. The standard InChI is InChI=1S/C16H20N4O3/c1-11(13-3-2-10-22-13)18-14(21)4-5-15-19-16(20-23-15)12-6-8-17-9-7-12/h6-9,11,13H,2-5,10H2,1H3,(H,18,21)/t11-,13-/m0/s1. The lowest BCUT2D eigenvalue weighted by atomic mass is 10.1. The molecule has 0 saturated carbocycles. The van der Waals surface area contributed by atoms with Crippen molar-refractivity contribution in [2.75, 3.05) is 6.61 Å². The Balaban J connectivity index is 1.48. The van der Waals surface area contributed by atoms with Crippen LogP contribution in [0.2, 0.25) is 0 Å². The van der Waals surface area contributed by atoms with Gasteiger partial charge in [-0.3, -0.25) is 9.78 Å². The average molecular weight is 316 g/mol. The highest BCUT2D eigenvalue weighted by Crippen LogP contribution is 2.16. The SMILES string of the molecule is C[C@H](NC(=O)CCc1nc(-c2ccncc2)no1)[C@@H]1CCCO1. The van der Waals surface area contributed by atoms with Gasteiger partial charge in [-0.1, -0.05) is 5.16 Å². The number of amides is 1. The number of hydrogen-bond donors (Lipinski definition) is 1. The molecule has 0 bridgehead atoms. The van der Waals surface area contributed by atoms with Crippen LogP contribution >= 0.6 is 0 Å². The lowest BCUT2D eigenvalue weighted by molar-refractivity contribution is -0.122. The van der Waals surface area contributed by atoms with Crippen LogP contribution < -0.4 is 5.32 Å². The van der Waals surface area contributed by atoms with Crippen LogP contribution in [0.3, 0.4) is 0 Å². The highest BCUT2D eigenvalue weighted by molar-refractivity contribution is 5.76. The van der Waals surface area contributed by atoms with E-state index in [1.54, 1.807) is 12.4 Å². The van der Waals surface area contributed by atoms with E-state index in [9.17, 15) is 4.79 Å². The molecule has 1 amide bonds. The number of carbonyl (C=O) groups is 1. The monoisotopic (exact) mass is 316 g/mol. The van der Waals surface area contributed by atoms with Crippen LogP contribution in [0.4, 0.5) is 0 Å². The topological polar surface area (TPSA) is 90.1 Å². The molecular formula is C16H20N4O3. The number of pyridine rings is 1. The number of ether oxygens (including phenoxy) is 1. The van der Waals surface area contributed by atoms with Gasteiger partial charge in [0.05, 0.1) is 12.1 Å². The molecule has 2 aromatic heterocycles. The van der Waals surface area contributed by atoms with E-state index in [0.29, 0.717) is 24.6 Å². The first-order valence-corrected chi connectivity index (χ1v) is 7.86. The zero-order chi connectivity index (χ0) is 16.1. The van der Waals surface area contributed by atoms with Crippen molar-refractivity contribution in [3.05, 3.63) is 30.4 Å². The van der Waals surface area contributed by atoms with Gasteiger partial charge < -0.3 is 14.6 Å². The summed E-state index contributed by atoms with van der Waals surface area (Å²) >= 11 is 0. The maximum Gasteiger partial charge on any atom is 0.227 e. The van der Waals surface area contributed by atoms with Crippen molar-refractivity contribution in [1.82, 2.24) is 20.4 Å². The van der Waals surface area contributed by atoms with E-state index in [0.717, 1.165) is 25.0 Å². The molecule has 0 unspecified atom stereocenters. The Labute approximate surface area is 134 Å². The van der Waals surface area contributed by atoms with Gasteiger partial charge in [-0.15, -0.1) is 0 Å². The summed E-state index contributed by atoms with van der Waals surface area (Å²) < 4.78 is 10.8.